The molecule has 1 aliphatic carbocycles. The van der Waals surface area contributed by atoms with E-state index in [2.05, 4.69) is 6.92 Å². The zero-order valence-corrected chi connectivity index (χ0v) is 10.3. The maximum atomic E-state index is 11.7. The Balaban J connectivity index is 2.32. The van der Waals surface area contributed by atoms with Crippen LogP contribution in [0.4, 0.5) is 0 Å². The molecule has 0 aliphatic heterocycles. The third-order valence-electron chi connectivity index (χ3n) is 3.66. The van der Waals surface area contributed by atoms with Gasteiger partial charge in [-0.25, -0.2) is 0 Å². The molecular weight excluding hydrogens is 184 g/mol. The molecule has 0 saturated heterocycles. The Bertz CT molecular complexity index is 174. The zero-order valence-electron chi connectivity index (χ0n) is 10.3. The Kier molecular flexibility index (Phi) is 6.71. The molecule has 1 aliphatic rings. The molecule has 0 amide bonds. The van der Waals surface area contributed by atoms with Gasteiger partial charge >= 0.3 is 0 Å². The van der Waals surface area contributed by atoms with Gasteiger partial charge in [-0.3, -0.25) is 4.79 Å². The molecule has 1 saturated carbocycles. The Labute approximate surface area is 94.6 Å². The highest BCUT2D eigenvalue weighted by molar-refractivity contribution is 5.78. The van der Waals surface area contributed by atoms with E-state index in [1.165, 1.54) is 51.4 Å². The third-order valence-corrected chi connectivity index (χ3v) is 3.66. The first kappa shape index (κ1) is 12.7. The number of rotatable bonds is 1. The van der Waals surface area contributed by atoms with Crippen molar-refractivity contribution in [3.8, 4) is 0 Å². The second kappa shape index (κ2) is 7.90. The van der Waals surface area contributed by atoms with Crippen LogP contribution in [-0.4, -0.2) is 5.78 Å². The zero-order chi connectivity index (χ0) is 10.9. The lowest BCUT2D eigenvalue weighted by Crippen LogP contribution is -2.08. The van der Waals surface area contributed by atoms with Crippen LogP contribution < -0.4 is 0 Å². The van der Waals surface area contributed by atoms with Crippen molar-refractivity contribution in [3.05, 3.63) is 0 Å². The molecule has 0 aromatic heterocycles. The average molecular weight is 210 g/mol. The van der Waals surface area contributed by atoms with E-state index in [1.807, 2.05) is 0 Å². The van der Waals surface area contributed by atoms with Crippen molar-refractivity contribution in [1.82, 2.24) is 0 Å². The molecule has 88 valence electrons. The standard InChI is InChI=1S/C14H26O/c1-2-13-10-8-6-4-3-5-7-9-11-14(15)12-13/h13H,2-12H2,1H3/t13-/m1/s1. The molecule has 0 aromatic rings. The summed E-state index contributed by atoms with van der Waals surface area (Å²) in [5.74, 6) is 1.19. The summed E-state index contributed by atoms with van der Waals surface area (Å²) in [6.07, 6.45) is 13.4. The van der Waals surface area contributed by atoms with Crippen LogP contribution in [0.15, 0.2) is 0 Å². The molecule has 15 heavy (non-hydrogen) atoms. The van der Waals surface area contributed by atoms with E-state index < -0.39 is 0 Å². The van der Waals surface area contributed by atoms with E-state index in [0.717, 1.165) is 19.3 Å². The summed E-state index contributed by atoms with van der Waals surface area (Å²) in [6, 6.07) is 0. The van der Waals surface area contributed by atoms with Gasteiger partial charge in [0.15, 0.2) is 0 Å². The van der Waals surface area contributed by atoms with Crippen molar-refractivity contribution in [2.24, 2.45) is 5.92 Å². The molecule has 1 fully saturated rings. The molecule has 1 nitrogen and oxygen atoms in total. The summed E-state index contributed by atoms with van der Waals surface area (Å²) in [4.78, 5) is 11.7. The fraction of sp³-hybridized carbons (Fsp3) is 0.929. The number of carbonyl (C=O) groups excluding carboxylic acids is 1. The second-order valence-electron chi connectivity index (χ2n) is 5.03. The lowest BCUT2D eigenvalue weighted by atomic mass is 9.90. The van der Waals surface area contributed by atoms with Crippen LogP contribution in [0.3, 0.4) is 0 Å². The molecule has 1 rings (SSSR count). The Morgan fingerprint density at radius 3 is 2.27 bits per heavy atom. The van der Waals surface area contributed by atoms with Gasteiger partial charge in [0, 0.05) is 12.8 Å². The summed E-state index contributed by atoms with van der Waals surface area (Å²) in [5.41, 5.74) is 0. The van der Waals surface area contributed by atoms with E-state index in [0.29, 0.717) is 11.7 Å². The number of hydrogen-bond acceptors (Lipinski definition) is 1. The van der Waals surface area contributed by atoms with E-state index in [4.69, 9.17) is 0 Å². The summed E-state index contributed by atoms with van der Waals surface area (Å²) < 4.78 is 0. The highest BCUT2D eigenvalue weighted by Crippen LogP contribution is 2.21. The minimum absolute atomic E-state index is 0.516. The van der Waals surface area contributed by atoms with Crippen molar-refractivity contribution in [1.29, 1.82) is 0 Å². The highest BCUT2D eigenvalue weighted by atomic mass is 16.1. The molecule has 0 heterocycles. The summed E-state index contributed by atoms with van der Waals surface area (Å²) in [7, 11) is 0. The SMILES string of the molecule is CC[C@@H]1CCCCCCCCCC(=O)C1. The van der Waals surface area contributed by atoms with Gasteiger partial charge in [0.2, 0.25) is 0 Å². The smallest absolute Gasteiger partial charge is 0.133 e. The fourth-order valence-corrected chi connectivity index (χ4v) is 2.51. The largest absolute Gasteiger partial charge is 0.300 e. The van der Waals surface area contributed by atoms with Crippen LogP contribution in [0.1, 0.15) is 77.6 Å². The molecular formula is C14H26O. The summed E-state index contributed by atoms with van der Waals surface area (Å²) >= 11 is 0. The van der Waals surface area contributed by atoms with Crippen LogP contribution in [0.25, 0.3) is 0 Å². The van der Waals surface area contributed by atoms with Crippen molar-refractivity contribution in [2.75, 3.05) is 0 Å². The molecule has 0 radical (unpaired) electrons. The van der Waals surface area contributed by atoms with Crippen molar-refractivity contribution >= 4 is 5.78 Å². The van der Waals surface area contributed by atoms with Crippen molar-refractivity contribution < 1.29 is 4.79 Å². The second-order valence-corrected chi connectivity index (χ2v) is 5.03. The summed E-state index contributed by atoms with van der Waals surface area (Å²) in [5, 5.41) is 0. The quantitative estimate of drug-likeness (QED) is 0.623. The monoisotopic (exact) mass is 210 g/mol. The highest BCUT2D eigenvalue weighted by Gasteiger charge is 2.12. The van der Waals surface area contributed by atoms with Crippen LogP contribution in [-0.2, 0) is 4.79 Å². The van der Waals surface area contributed by atoms with E-state index in [1.54, 1.807) is 0 Å². The third kappa shape index (κ3) is 5.96. The first-order valence-corrected chi connectivity index (χ1v) is 6.84. The van der Waals surface area contributed by atoms with E-state index in [-0.39, 0.29) is 0 Å². The minimum atomic E-state index is 0.516. The average Bonchev–Trinajstić information content (AvgIpc) is 2.22. The minimum Gasteiger partial charge on any atom is -0.300 e. The van der Waals surface area contributed by atoms with Gasteiger partial charge < -0.3 is 0 Å². The molecule has 1 atom stereocenters. The molecule has 0 aromatic carbocycles. The number of Topliss-reactive ketones (excluding diaryl/α,β-unsaturated/α-hetero) is 1. The van der Waals surface area contributed by atoms with E-state index in [9.17, 15) is 4.79 Å². The topological polar surface area (TPSA) is 17.1 Å². The van der Waals surface area contributed by atoms with Gasteiger partial charge in [0.25, 0.3) is 0 Å². The van der Waals surface area contributed by atoms with Crippen LogP contribution in [0, 0.1) is 5.92 Å². The molecule has 0 spiro atoms. The number of ketones is 1. The van der Waals surface area contributed by atoms with Gasteiger partial charge in [0.1, 0.15) is 5.78 Å². The van der Waals surface area contributed by atoms with Gasteiger partial charge in [0.05, 0.1) is 0 Å². The molecule has 0 bridgehead atoms. The van der Waals surface area contributed by atoms with Crippen LogP contribution in [0.5, 0.6) is 0 Å². The predicted molar refractivity (Wildman–Crippen MR) is 65.0 cm³/mol. The lowest BCUT2D eigenvalue weighted by molar-refractivity contribution is -0.120. The van der Waals surface area contributed by atoms with Crippen molar-refractivity contribution in [2.45, 2.75) is 77.6 Å². The summed E-state index contributed by atoms with van der Waals surface area (Å²) in [6.45, 7) is 2.23. The van der Waals surface area contributed by atoms with Crippen molar-refractivity contribution in [3.63, 3.8) is 0 Å². The van der Waals surface area contributed by atoms with Gasteiger partial charge in [-0.1, -0.05) is 58.3 Å². The molecule has 0 unspecified atom stereocenters. The molecule has 0 N–H and O–H groups in total. The van der Waals surface area contributed by atoms with Gasteiger partial charge in [-0.05, 0) is 12.3 Å². The van der Waals surface area contributed by atoms with Gasteiger partial charge in [-0.15, -0.1) is 0 Å². The van der Waals surface area contributed by atoms with Crippen LogP contribution >= 0.6 is 0 Å². The Morgan fingerprint density at radius 1 is 1.00 bits per heavy atom. The predicted octanol–water partition coefficient (Wildman–Crippen LogP) is 4.50. The Morgan fingerprint density at radius 2 is 1.60 bits per heavy atom. The fourth-order valence-electron chi connectivity index (χ4n) is 2.51. The Hall–Kier alpha value is -0.330. The first-order chi connectivity index (χ1) is 7.33. The van der Waals surface area contributed by atoms with E-state index >= 15 is 0 Å². The number of hydrogen-bond donors (Lipinski definition) is 0. The maximum Gasteiger partial charge on any atom is 0.133 e. The van der Waals surface area contributed by atoms with Crippen LogP contribution in [0.2, 0.25) is 0 Å². The number of carbonyl (C=O) groups is 1. The lowest BCUT2D eigenvalue weighted by Gasteiger charge is -2.14. The maximum absolute atomic E-state index is 11.7. The van der Waals surface area contributed by atoms with Gasteiger partial charge in [-0.2, -0.15) is 0 Å². The normalized spacial score (nSPS) is 26.7. The first-order valence-electron chi connectivity index (χ1n) is 6.84. The molecule has 1 heteroatoms.